The van der Waals surface area contributed by atoms with Crippen LogP contribution in [0.2, 0.25) is 0 Å². The molecule has 3 nitrogen and oxygen atoms in total. The summed E-state index contributed by atoms with van der Waals surface area (Å²) in [4.78, 5) is 0. The Labute approximate surface area is 137 Å². The van der Waals surface area contributed by atoms with Gasteiger partial charge in [-0.3, -0.25) is 0 Å². The predicted molar refractivity (Wildman–Crippen MR) is 89.5 cm³/mol. The van der Waals surface area contributed by atoms with Gasteiger partial charge in [-0.05, 0) is 11.1 Å². The van der Waals surface area contributed by atoms with Crippen LogP contribution in [0.5, 0.6) is 0 Å². The Hall–Kier alpha value is -2.52. The number of aliphatic hydroxyl groups is 1. The summed E-state index contributed by atoms with van der Waals surface area (Å²) in [5, 5.41) is 8.88. The van der Waals surface area contributed by atoms with Crippen molar-refractivity contribution in [3.8, 4) is 11.1 Å². The summed E-state index contributed by atoms with van der Waals surface area (Å²) < 4.78 is 4.28. The number of hydrogen-bond acceptors (Lipinski definition) is 1. The number of nitrogens with zero attached hydrogens (tertiary/aromatic N) is 2. The van der Waals surface area contributed by atoms with E-state index in [0.717, 1.165) is 19.5 Å². The second kappa shape index (κ2) is 7.65. The zero-order chi connectivity index (χ0) is 15.9. The average Bonchev–Trinajstić information content (AvgIpc) is 2.62. The van der Waals surface area contributed by atoms with Crippen LogP contribution in [0.25, 0.3) is 11.1 Å². The SMILES string of the molecule is OCCC[n+]1ccc(-c2cc[n+](Cc3ccccc3)cc2)cc1. The molecule has 3 heteroatoms. The zero-order valence-electron chi connectivity index (χ0n) is 13.2. The van der Waals surface area contributed by atoms with Crippen LogP contribution in [0.3, 0.4) is 0 Å². The topological polar surface area (TPSA) is 28.0 Å². The standard InChI is InChI=1S/C20H22N2O/c23-16-4-11-21-12-7-19(8-13-21)20-9-14-22(15-10-20)17-18-5-2-1-3-6-18/h1-3,5-10,12-15,23H,4,11,16-17H2/q+2. The monoisotopic (exact) mass is 306 g/mol. The Morgan fingerprint density at radius 2 is 1.26 bits per heavy atom. The summed E-state index contributed by atoms with van der Waals surface area (Å²) in [7, 11) is 0. The number of benzene rings is 1. The van der Waals surface area contributed by atoms with E-state index < -0.39 is 0 Å². The van der Waals surface area contributed by atoms with Gasteiger partial charge in [-0.2, -0.15) is 0 Å². The highest BCUT2D eigenvalue weighted by atomic mass is 16.3. The first kappa shape index (κ1) is 15.4. The van der Waals surface area contributed by atoms with Crippen molar-refractivity contribution in [1.29, 1.82) is 0 Å². The highest BCUT2D eigenvalue weighted by Crippen LogP contribution is 2.15. The Balaban J connectivity index is 1.69. The van der Waals surface area contributed by atoms with Gasteiger partial charge >= 0.3 is 0 Å². The van der Waals surface area contributed by atoms with Gasteiger partial charge in [0.15, 0.2) is 37.9 Å². The zero-order valence-corrected chi connectivity index (χ0v) is 13.2. The maximum atomic E-state index is 8.88. The molecule has 1 aromatic carbocycles. The lowest BCUT2D eigenvalue weighted by molar-refractivity contribution is -0.697. The van der Waals surface area contributed by atoms with Crippen molar-refractivity contribution in [3.05, 3.63) is 84.9 Å². The predicted octanol–water partition coefficient (Wildman–Crippen LogP) is 2.36. The molecule has 0 saturated carbocycles. The molecule has 0 radical (unpaired) electrons. The normalized spacial score (nSPS) is 10.7. The second-order valence-electron chi connectivity index (χ2n) is 5.65. The molecule has 0 atom stereocenters. The summed E-state index contributed by atoms with van der Waals surface area (Å²) >= 11 is 0. The van der Waals surface area contributed by atoms with Gasteiger partial charge in [0.05, 0.1) is 0 Å². The van der Waals surface area contributed by atoms with E-state index in [-0.39, 0.29) is 6.61 Å². The number of hydrogen-bond donors (Lipinski definition) is 1. The van der Waals surface area contributed by atoms with Crippen molar-refractivity contribution in [2.24, 2.45) is 0 Å². The molecule has 0 saturated heterocycles. The number of aryl methyl sites for hydroxylation is 1. The molecular weight excluding hydrogens is 284 g/mol. The summed E-state index contributed by atoms with van der Waals surface area (Å²) in [5.74, 6) is 0. The first-order valence-corrected chi connectivity index (χ1v) is 7.98. The lowest BCUT2D eigenvalue weighted by Gasteiger charge is -2.02. The molecule has 0 unspecified atom stereocenters. The first-order valence-electron chi connectivity index (χ1n) is 7.98. The van der Waals surface area contributed by atoms with Gasteiger partial charge in [-0.15, -0.1) is 0 Å². The number of aromatic nitrogens is 2. The van der Waals surface area contributed by atoms with E-state index in [0.29, 0.717) is 0 Å². The lowest BCUT2D eigenvalue weighted by atomic mass is 10.1. The third kappa shape index (κ3) is 4.24. The van der Waals surface area contributed by atoms with E-state index in [4.69, 9.17) is 5.11 Å². The molecule has 0 aliphatic carbocycles. The maximum Gasteiger partial charge on any atom is 0.173 e. The average molecular weight is 306 g/mol. The van der Waals surface area contributed by atoms with Crippen LogP contribution in [0.1, 0.15) is 12.0 Å². The van der Waals surface area contributed by atoms with Crippen LogP contribution in [-0.2, 0) is 13.1 Å². The van der Waals surface area contributed by atoms with Crippen LogP contribution in [-0.4, -0.2) is 11.7 Å². The van der Waals surface area contributed by atoms with Crippen LogP contribution in [0.15, 0.2) is 79.4 Å². The fourth-order valence-electron chi connectivity index (χ4n) is 2.60. The van der Waals surface area contributed by atoms with E-state index >= 15 is 0 Å². The van der Waals surface area contributed by atoms with Crippen LogP contribution < -0.4 is 9.13 Å². The summed E-state index contributed by atoms with van der Waals surface area (Å²) in [6.07, 6.45) is 9.16. The quantitative estimate of drug-likeness (QED) is 0.696. The highest BCUT2D eigenvalue weighted by Gasteiger charge is 2.06. The minimum atomic E-state index is 0.231. The molecule has 3 rings (SSSR count). The summed E-state index contributed by atoms with van der Waals surface area (Å²) in [5.41, 5.74) is 3.72. The number of rotatable bonds is 6. The summed E-state index contributed by atoms with van der Waals surface area (Å²) in [6.45, 7) is 1.97. The third-order valence-electron chi connectivity index (χ3n) is 3.90. The van der Waals surface area contributed by atoms with E-state index in [9.17, 15) is 0 Å². The Bertz CT molecular complexity index is 722. The molecule has 116 valence electrons. The van der Waals surface area contributed by atoms with Crippen LogP contribution in [0, 0.1) is 0 Å². The van der Waals surface area contributed by atoms with Gasteiger partial charge in [0, 0.05) is 42.9 Å². The minimum absolute atomic E-state index is 0.231. The summed E-state index contributed by atoms with van der Waals surface area (Å²) in [6, 6.07) is 19.0. The van der Waals surface area contributed by atoms with Gasteiger partial charge in [-0.25, -0.2) is 9.13 Å². The van der Waals surface area contributed by atoms with E-state index in [1.807, 2.05) is 6.07 Å². The van der Waals surface area contributed by atoms with Gasteiger partial charge < -0.3 is 5.11 Å². The van der Waals surface area contributed by atoms with Gasteiger partial charge in [-0.1, -0.05) is 30.3 Å². The molecule has 0 aliphatic heterocycles. The van der Waals surface area contributed by atoms with E-state index in [1.165, 1.54) is 16.7 Å². The molecule has 0 aliphatic rings. The van der Waals surface area contributed by atoms with Crippen molar-refractivity contribution >= 4 is 0 Å². The number of aliphatic hydroxyl groups excluding tert-OH is 1. The molecule has 0 bridgehead atoms. The van der Waals surface area contributed by atoms with E-state index in [2.05, 4.69) is 82.5 Å². The van der Waals surface area contributed by atoms with Crippen molar-refractivity contribution in [1.82, 2.24) is 0 Å². The second-order valence-corrected chi connectivity index (χ2v) is 5.65. The van der Waals surface area contributed by atoms with Gasteiger partial charge in [0.2, 0.25) is 0 Å². The molecule has 0 spiro atoms. The fraction of sp³-hybridized carbons (Fsp3) is 0.200. The Kier molecular flexibility index (Phi) is 5.12. The van der Waals surface area contributed by atoms with Gasteiger partial charge in [0.1, 0.15) is 0 Å². The third-order valence-corrected chi connectivity index (χ3v) is 3.90. The molecule has 2 heterocycles. The lowest BCUT2D eigenvalue weighted by Crippen LogP contribution is -2.33. The van der Waals surface area contributed by atoms with E-state index in [1.54, 1.807) is 0 Å². The molecule has 0 amide bonds. The molecule has 3 aromatic rings. The highest BCUT2D eigenvalue weighted by molar-refractivity contribution is 5.60. The molecule has 23 heavy (non-hydrogen) atoms. The minimum Gasteiger partial charge on any atom is -0.396 e. The Morgan fingerprint density at radius 1 is 0.696 bits per heavy atom. The van der Waals surface area contributed by atoms with Crippen LogP contribution >= 0.6 is 0 Å². The molecule has 2 aromatic heterocycles. The fourth-order valence-corrected chi connectivity index (χ4v) is 2.60. The molecule has 0 fully saturated rings. The molecular formula is C20H22N2O+2. The number of pyridine rings is 2. The van der Waals surface area contributed by atoms with Crippen molar-refractivity contribution < 1.29 is 14.2 Å². The molecule has 1 N–H and O–H groups in total. The van der Waals surface area contributed by atoms with Crippen molar-refractivity contribution in [2.45, 2.75) is 19.5 Å². The Morgan fingerprint density at radius 3 is 1.83 bits per heavy atom. The van der Waals surface area contributed by atoms with Gasteiger partial charge in [0.25, 0.3) is 0 Å². The smallest absolute Gasteiger partial charge is 0.173 e. The first-order chi connectivity index (χ1) is 11.3. The van der Waals surface area contributed by atoms with Crippen molar-refractivity contribution in [3.63, 3.8) is 0 Å². The van der Waals surface area contributed by atoms with Crippen molar-refractivity contribution in [2.75, 3.05) is 6.61 Å². The van der Waals surface area contributed by atoms with Crippen LogP contribution in [0.4, 0.5) is 0 Å². The maximum absolute atomic E-state index is 8.88. The largest absolute Gasteiger partial charge is 0.396 e.